The van der Waals surface area contributed by atoms with Crippen LogP contribution < -0.4 is 5.69 Å². The maximum Gasteiger partial charge on any atom is 0.329 e. The van der Waals surface area contributed by atoms with Crippen molar-refractivity contribution in [3.8, 4) is 22.5 Å². The molecule has 0 bridgehead atoms. The number of aromatic nitrogens is 7. The maximum absolute atomic E-state index is 13.3. The van der Waals surface area contributed by atoms with E-state index in [0.29, 0.717) is 12.4 Å². The molecule has 8 nitrogen and oxygen atoms in total. The molecule has 1 atom stereocenters. The summed E-state index contributed by atoms with van der Waals surface area (Å²) < 4.78 is 3.89. The zero-order chi connectivity index (χ0) is 22.7. The third kappa shape index (κ3) is 4.00. The summed E-state index contributed by atoms with van der Waals surface area (Å²) in [5, 5.41) is 14.3. The summed E-state index contributed by atoms with van der Waals surface area (Å²) in [7, 11) is 0. The number of pyridine rings is 1. The number of imidazole rings is 1. The molecule has 3 heterocycles. The van der Waals surface area contributed by atoms with Gasteiger partial charge in [-0.15, -0.1) is 10.2 Å². The lowest BCUT2D eigenvalue weighted by Crippen LogP contribution is -2.27. The average Bonchev–Trinajstić information content (AvgIpc) is 3.43. The Hall–Kier alpha value is -3.55. The van der Waals surface area contributed by atoms with Crippen LogP contribution in [0.2, 0.25) is 0 Å². The Balaban J connectivity index is 1.67. The summed E-state index contributed by atoms with van der Waals surface area (Å²) in [6.07, 6.45) is 6.33. The molecule has 0 amide bonds. The number of nitrogens with zero attached hydrogens (tertiary/aromatic N) is 6. The monoisotopic (exact) mass is 431 g/mol. The van der Waals surface area contributed by atoms with E-state index in [9.17, 15) is 4.79 Å². The fourth-order valence-electron chi connectivity index (χ4n) is 4.21. The number of hydrogen-bond acceptors (Lipinski definition) is 5. The number of H-pyrrole nitrogens is 1. The third-order valence-electron chi connectivity index (χ3n) is 6.07. The molecular weight excluding hydrogens is 402 g/mol. The van der Waals surface area contributed by atoms with Crippen molar-refractivity contribution < 1.29 is 0 Å². The number of tetrazole rings is 1. The van der Waals surface area contributed by atoms with Gasteiger partial charge in [-0.1, -0.05) is 44.5 Å². The maximum atomic E-state index is 13.3. The highest BCUT2D eigenvalue weighted by Gasteiger charge is 2.19. The second-order valence-electron chi connectivity index (χ2n) is 8.13. The molecule has 4 aromatic rings. The second-order valence-corrected chi connectivity index (χ2v) is 8.13. The molecule has 0 saturated carbocycles. The van der Waals surface area contributed by atoms with Crippen LogP contribution in [0.3, 0.4) is 0 Å². The molecule has 166 valence electrons. The first-order valence-electron chi connectivity index (χ1n) is 11.1. The van der Waals surface area contributed by atoms with Crippen LogP contribution in [0.4, 0.5) is 0 Å². The van der Waals surface area contributed by atoms with Gasteiger partial charge in [0, 0.05) is 35.4 Å². The molecule has 1 aromatic carbocycles. The summed E-state index contributed by atoms with van der Waals surface area (Å²) in [4.78, 5) is 17.5. The van der Waals surface area contributed by atoms with Crippen LogP contribution in [0.1, 0.15) is 56.6 Å². The first-order valence-corrected chi connectivity index (χ1v) is 11.1. The standard InChI is InChI=1S/C24H29N7O/c1-5-7-22-17(4)31(16(3)6-2)24(32)30(22)15-18-8-10-19(11-9-18)20-12-13-25-14-21(20)23-26-28-29-27-23/h8-14,16H,5-7,15H2,1-4H3,(H,26,27,28,29). The Bertz CT molecular complexity index is 1240. The average molecular weight is 432 g/mol. The van der Waals surface area contributed by atoms with Crippen molar-refractivity contribution in [3.05, 3.63) is 70.2 Å². The Kier molecular flexibility index (Phi) is 6.30. The molecule has 0 radical (unpaired) electrons. The molecule has 4 rings (SSSR count). The molecule has 0 aliphatic rings. The summed E-state index contributed by atoms with van der Waals surface area (Å²) in [5.74, 6) is 0.509. The zero-order valence-electron chi connectivity index (χ0n) is 19.0. The van der Waals surface area contributed by atoms with E-state index in [1.165, 1.54) is 0 Å². The molecule has 0 saturated heterocycles. The van der Waals surface area contributed by atoms with E-state index in [2.05, 4.69) is 77.6 Å². The van der Waals surface area contributed by atoms with Crippen molar-refractivity contribution in [1.29, 1.82) is 0 Å². The van der Waals surface area contributed by atoms with E-state index in [-0.39, 0.29) is 11.7 Å². The smallest absolute Gasteiger partial charge is 0.294 e. The van der Waals surface area contributed by atoms with Crippen LogP contribution in [-0.2, 0) is 13.0 Å². The molecule has 0 fully saturated rings. The Labute approximate surface area is 187 Å². The molecule has 8 heteroatoms. The fourth-order valence-corrected chi connectivity index (χ4v) is 4.21. The van der Waals surface area contributed by atoms with Crippen LogP contribution in [0.15, 0.2) is 47.5 Å². The number of benzene rings is 1. The molecule has 3 aromatic heterocycles. The third-order valence-corrected chi connectivity index (χ3v) is 6.07. The van der Waals surface area contributed by atoms with Gasteiger partial charge < -0.3 is 0 Å². The van der Waals surface area contributed by atoms with E-state index >= 15 is 0 Å². The lowest BCUT2D eigenvalue weighted by atomic mass is 10.00. The van der Waals surface area contributed by atoms with E-state index in [4.69, 9.17) is 0 Å². The SMILES string of the molecule is CCCc1c(C)n(C(C)CC)c(=O)n1Cc1ccc(-c2ccncc2-c2nn[nH]n2)cc1. The van der Waals surface area contributed by atoms with Crippen LogP contribution in [0, 0.1) is 6.92 Å². The molecular formula is C24H29N7O. The largest absolute Gasteiger partial charge is 0.329 e. The van der Waals surface area contributed by atoms with Crippen molar-refractivity contribution in [1.82, 2.24) is 34.7 Å². The number of rotatable bonds is 8. The highest BCUT2D eigenvalue weighted by molar-refractivity contribution is 5.79. The summed E-state index contributed by atoms with van der Waals surface area (Å²) >= 11 is 0. The lowest BCUT2D eigenvalue weighted by molar-refractivity contribution is 0.496. The van der Waals surface area contributed by atoms with Gasteiger partial charge in [-0.3, -0.25) is 14.1 Å². The first-order chi connectivity index (χ1) is 15.5. The van der Waals surface area contributed by atoms with Gasteiger partial charge in [0.2, 0.25) is 5.82 Å². The van der Waals surface area contributed by atoms with E-state index in [0.717, 1.165) is 52.9 Å². The van der Waals surface area contributed by atoms with Crippen molar-refractivity contribution in [3.63, 3.8) is 0 Å². The Morgan fingerprint density at radius 2 is 1.88 bits per heavy atom. The van der Waals surface area contributed by atoms with Crippen molar-refractivity contribution in [2.24, 2.45) is 0 Å². The number of aromatic amines is 1. The van der Waals surface area contributed by atoms with Gasteiger partial charge in [-0.05, 0) is 54.7 Å². The van der Waals surface area contributed by atoms with Gasteiger partial charge in [-0.2, -0.15) is 5.21 Å². The van der Waals surface area contributed by atoms with Gasteiger partial charge in [-0.25, -0.2) is 4.79 Å². The van der Waals surface area contributed by atoms with Gasteiger partial charge in [0.15, 0.2) is 0 Å². The minimum Gasteiger partial charge on any atom is -0.294 e. The molecule has 0 spiro atoms. The predicted molar refractivity (Wildman–Crippen MR) is 124 cm³/mol. The van der Waals surface area contributed by atoms with Crippen molar-refractivity contribution in [2.45, 2.75) is 59.5 Å². The van der Waals surface area contributed by atoms with E-state index < -0.39 is 0 Å². The highest BCUT2D eigenvalue weighted by Crippen LogP contribution is 2.29. The number of nitrogens with one attached hydrogen (secondary N) is 1. The summed E-state index contributed by atoms with van der Waals surface area (Å²) in [5.41, 5.74) is 6.22. The minimum absolute atomic E-state index is 0.0814. The molecule has 1 N–H and O–H groups in total. The van der Waals surface area contributed by atoms with Gasteiger partial charge in [0.25, 0.3) is 0 Å². The fraction of sp³-hybridized carbons (Fsp3) is 0.375. The van der Waals surface area contributed by atoms with Gasteiger partial charge in [0.05, 0.1) is 6.54 Å². The van der Waals surface area contributed by atoms with E-state index in [1.807, 2.05) is 15.2 Å². The zero-order valence-corrected chi connectivity index (χ0v) is 19.0. The molecule has 0 aliphatic heterocycles. The quantitative estimate of drug-likeness (QED) is 0.452. The van der Waals surface area contributed by atoms with Crippen LogP contribution in [-0.4, -0.2) is 34.7 Å². The Morgan fingerprint density at radius 1 is 1.09 bits per heavy atom. The lowest BCUT2D eigenvalue weighted by Gasteiger charge is -2.11. The number of hydrogen-bond donors (Lipinski definition) is 1. The van der Waals surface area contributed by atoms with Crippen LogP contribution in [0.25, 0.3) is 22.5 Å². The van der Waals surface area contributed by atoms with Crippen LogP contribution in [0.5, 0.6) is 0 Å². The van der Waals surface area contributed by atoms with E-state index in [1.54, 1.807) is 12.4 Å². The molecule has 0 aliphatic carbocycles. The van der Waals surface area contributed by atoms with Crippen molar-refractivity contribution in [2.75, 3.05) is 0 Å². The van der Waals surface area contributed by atoms with Gasteiger partial charge >= 0.3 is 5.69 Å². The first kappa shape index (κ1) is 21.7. The molecule has 32 heavy (non-hydrogen) atoms. The highest BCUT2D eigenvalue weighted by atomic mass is 16.1. The molecule has 1 unspecified atom stereocenters. The predicted octanol–water partition coefficient (Wildman–Crippen LogP) is 4.17. The Morgan fingerprint density at radius 3 is 2.53 bits per heavy atom. The minimum atomic E-state index is 0.0814. The second kappa shape index (κ2) is 9.30. The summed E-state index contributed by atoms with van der Waals surface area (Å²) in [6.45, 7) is 9.01. The van der Waals surface area contributed by atoms with Crippen LogP contribution >= 0.6 is 0 Å². The normalized spacial score (nSPS) is 12.2. The summed E-state index contributed by atoms with van der Waals surface area (Å²) in [6, 6.07) is 10.4. The van der Waals surface area contributed by atoms with Crippen molar-refractivity contribution >= 4 is 0 Å². The van der Waals surface area contributed by atoms with Gasteiger partial charge in [0.1, 0.15) is 0 Å². The topological polar surface area (TPSA) is 94.3 Å².